The molecule has 1 aromatic rings. The van der Waals surface area contributed by atoms with Crippen LogP contribution in [-0.2, 0) is 4.79 Å². The molecule has 3 nitrogen and oxygen atoms in total. The van der Waals surface area contributed by atoms with Crippen LogP contribution in [0.25, 0.3) is 5.76 Å². The van der Waals surface area contributed by atoms with Gasteiger partial charge in [-0.15, -0.1) is 0 Å². The van der Waals surface area contributed by atoms with Crippen molar-refractivity contribution < 1.29 is 14.3 Å². The smallest absolute Gasteiger partial charge is 0.168 e. The van der Waals surface area contributed by atoms with Gasteiger partial charge in [-0.1, -0.05) is 13.8 Å². The molecule has 0 saturated heterocycles. The Morgan fingerprint density at radius 3 is 2.77 bits per heavy atom. The highest BCUT2D eigenvalue weighted by Crippen LogP contribution is 2.12. The number of carbonyl (C=O) groups is 1. The van der Waals surface area contributed by atoms with Crippen molar-refractivity contribution in [1.82, 2.24) is 0 Å². The van der Waals surface area contributed by atoms with Crippen molar-refractivity contribution in [3.8, 4) is 0 Å². The number of aliphatic hydroxyl groups excluding tert-OH is 1. The molecular formula is C10H12O3. The van der Waals surface area contributed by atoms with Crippen LogP contribution in [0.4, 0.5) is 0 Å². The molecule has 13 heavy (non-hydrogen) atoms. The number of rotatable bonds is 3. The molecule has 1 aromatic heterocycles. The second kappa shape index (κ2) is 3.94. The van der Waals surface area contributed by atoms with Crippen molar-refractivity contribution in [3.05, 3.63) is 30.2 Å². The average molecular weight is 180 g/mol. The Hall–Kier alpha value is -1.51. The fourth-order valence-electron chi connectivity index (χ4n) is 0.797. The third-order valence-electron chi connectivity index (χ3n) is 1.62. The third-order valence-corrected chi connectivity index (χ3v) is 1.62. The number of hydrogen-bond acceptors (Lipinski definition) is 3. The minimum Gasteiger partial charge on any atom is -0.504 e. The van der Waals surface area contributed by atoms with Crippen LogP contribution in [0.15, 0.2) is 28.9 Å². The standard InChI is InChI=1S/C10H12O3/c1-7(2)8(11)6-9(12)10-4-3-5-13-10/h3-7,12H,1-2H3. The molecule has 0 spiro atoms. The van der Waals surface area contributed by atoms with Gasteiger partial charge in [0.05, 0.1) is 6.26 Å². The molecule has 0 bridgehead atoms. The van der Waals surface area contributed by atoms with Gasteiger partial charge in [-0.05, 0) is 12.1 Å². The molecular weight excluding hydrogens is 168 g/mol. The highest BCUT2D eigenvalue weighted by atomic mass is 16.4. The summed E-state index contributed by atoms with van der Waals surface area (Å²) in [4.78, 5) is 11.2. The molecule has 1 N–H and O–H groups in total. The lowest BCUT2D eigenvalue weighted by Gasteiger charge is -1.98. The van der Waals surface area contributed by atoms with E-state index >= 15 is 0 Å². The van der Waals surface area contributed by atoms with E-state index in [1.165, 1.54) is 12.3 Å². The summed E-state index contributed by atoms with van der Waals surface area (Å²) in [5.41, 5.74) is 0. The first-order valence-electron chi connectivity index (χ1n) is 4.09. The van der Waals surface area contributed by atoms with E-state index in [2.05, 4.69) is 0 Å². The Morgan fingerprint density at radius 2 is 2.31 bits per heavy atom. The van der Waals surface area contributed by atoms with E-state index in [4.69, 9.17) is 4.42 Å². The predicted molar refractivity (Wildman–Crippen MR) is 49.2 cm³/mol. The van der Waals surface area contributed by atoms with Gasteiger partial charge in [0, 0.05) is 12.0 Å². The number of carbonyl (C=O) groups excluding carboxylic acids is 1. The topological polar surface area (TPSA) is 50.4 Å². The van der Waals surface area contributed by atoms with Gasteiger partial charge in [0.25, 0.3) is 0 Å². The van der Waals surface area contributed by atoms with E-state index < -0.39 is 0 Å². The lowest BCUT2D eigenvalue weighted by atomic mass is 10.1. The van der Waals surface area contributed by atoms with Gasteiger partial charge >= 0.3 is 0 Å². The Bertz CT molecular complexity index is 307. The second-order valence-electron chi connectivity index (χ2n) is 3.06. The third kappa shape index (κ3) is 2.47. The van der Waals surface area contributed by atoms with E-state index in [1.807, 2.05) is 0 Å². The van der Waals surface area contributed by atoms with Gasteiger partial charge in [0.2, 0.25) is 0 Å². The molecule has 1 heterocycles. The summed E-state index contributed by atoms with van der Waals surface area (Å²) in [6.07, 6.45) is 2.63. The van der Waals surface area contributed by atoms with Crippen molar-refractivity contribution >= 4 is 11.5 Å². The van der Waals surface area contributed by atoms with E-state index in [1.54, 1.807) is 26.0 Å². The summed E-state index contributed by atoms with van der Waals surface area (Å²) in [6.45, 7) is 3.54. The molecule has 0 aliphatic heterocycles. The molecule has 0 fully saturated rings. The van der Waals surface area contributed by atoms with Gasteiger partial charge < -0.3 is 9.52 Å². The molecule has 70 valence electrons. The molecule has 0 aliphatic rings. The lowest BCUT2D eigenvalue weighted by molar-refractivity contribution is -0.117. The predicted octanol–water partition coefficient (Wildman–Crippen LogP) is 2.40. The number of furan rings is 1. The summed E-state index contributed by atoms with van der Waals surface area (Å²) in [5, 5.41) is 9.38. The fourth-order valence-corrected chi connectivity index (χ4v) is 0.797. The van der Waals surface area contributed by atoms with Crippen molar-refractivity contribution in [1.29, 1.82) is 0 Å². The molecule has 0 aliphatic carbocycles. The van der Waals surface area contributed by atoms with Crippen LogP contribution >= 0.6 is 0 Å². The van der Waals surface area contributed by atoms with Gasteiger partial charge in [-0.3, -0.25) is 4.79 Å². The highest BCUT2D eigenvalue weighted by Gasteiger charge is 2.08. The molecule has 1 rings (SSSR count). The van der Waals surface area contributed by atoms with E-state index in [9.17, 15) is 9.90 Å². The SMILES string of the molecule is CC(C)C(=O)C=C(O)c1ccco1. The Kier molecular flexibility index (Phi) is 2.90. The lowest BCUT2D eigenvalue weighted by Crippen LogP contribution is -2.03. The van der Waals surface area contributed by atoms with Gasteiger partial charge in [0.15, 0.2) is 17.3 Å². The maximum Gasteiger partial charge on any atom is 0.168 e. The zero-order valence-electron chi connectivity index (χ0n) is 7.65. The summed E-state index contributed by atoms with van der Waals surface area (Å²) < 4.78 is 4.91. The van der Waals surface area contributed by atoms with Crippen LogP contribution in [0.2, 0.25) is 0 Å². The van der Waals surface area contributed by atoms with Gasteiger partial charge in [-0.2, -0.15) is 0 Å². The maximum absolute atomic E-state index is 11.2. The maximum atomic E-state index is 11.2. The highest BCUT2D eigenvalue weighted by molar-refractivity contribution is 5.96. The number of ketones is 1. The first-order valence-corrected chi connectivity index (χ1v) is 4.09. The normalized spacial score (nSPS) is 12.1. The molecule has 0 unspecified atom stereocenters. The quantitative estimate of drug-likeness (QED) is 0.574. The molecule has 0 radical (unpaired) electrons. The number of aliphatic hydroxyl groups is 1. The monoisotopic (exact) mass is 180 g/mol. The minimum atomic E-state index is -0.122. The summed E-state index contributed by atoms with van der Waals surface area (Å²) >= 11 is 0. The Labute approximate surface area is 76.7 Å². The summed E-state index contributed by atoms with van der Waals surface area (Å²) in [7, 11) is 0. The van der Waals surface area contributed by atoms with E-state index in [0.717, 1.165) is 0 Å². The summed E-state index contributed by atoms with van der Waals surface area (Å²) in [6, 6.07) is 3.25. The second-order valence-corrected chi connectivity index (χ2v) is 3.06. The van der Waals surface area contributed by atoms with Crippen LogP contribution in [0.1, 0.15) is 19.6 Å². The first-order chi connectivity index (χ1) is 6.11. The minimum absolute atomic E-state index is 0.114. The van der Waals surface area contributed by atoms with Crippen LogP contribution in [0, 0.1) is 5.92 Å². The zero-order valence-corrected chi connectivity index (χ0v) is 7.65. The summed E-state index contributed by atoms with van der Waals surface area (Å²) in [5.74, 6) is -0.0382. The van der Waals surface area contributed by atoms with Gasteiger partial charge in [0.1, 0.15) is 0 Å². The largest absolute Gasteiger partial charge is 0.504 e. The zero-order chi connectivity index (χ0) is 9.84. The van der Waals surface area contributed by atoms with Crippen molar-refractivity contribution in [2.75, 3.05) is 0 Å². The average Bonchev–Trinajstić information content (AvgIpc) is 2.55. The number of hydrogen-bond donors (Lipinski definition) is 1. The molecule has 0 saturated carbocycles. The molecule has 0 aromatic carbocycles. The van der Waals surface area contributed by atoms with Crippen LogP contribution in [-0.4, -0.2) is 10.9 Å². The Morgan fingerprint density at radius 1 is 1.62 bits per heavy atom. The van der Waals surface area contributed by atoms with Gasteiger partial charge in [-0.25, -0.2) is 0 Å². The van der Waals surface area contributed by atoms with Crippen molar-refractivity contribution in [3.63, 3.8) is 0 Å². The fraction of sp³-hybridized carbons (Fsp3) is 0.300. The molecule has 0 amide bonds. The van der Waals surface area contributed by atoms with Crippen molar-refractivity contribution in [2.24, 2.45) is 5.92 Å². The van der Waals surface area contributed by atoms with Crippen molar-refractivity contribution in [2.45, 2.75) is 13.8 Å². The number of allylic oxidation sites excluding steroid dienone is 1. The molecule has 3 heteroatoms. The first kappa shape index (κ1) is 9.58. The van der Waals surface area contributed by atoms with E-state index in [0.29, 0.717) is 5.76 Å². The van der Waals surface area contributed by atoms with E-state index in [-0.39, 0.29) is 17.5 Å². The molecule has 0 atom stereocenters. The van der Waals surface area contributed by atoms with Crippen LogP contribution in [0.5, 0.6) is 0 Å². The van der Waals surface area contributed by atoms with Crippen LogP contribution in [0.3, 0.4) is 0 Å². The van der Waals surface area contributed by atoms with Crippen LogP contribution < -0.4 is 0 Å². The Balaban J connectivity index is 2.78.